The number of hydrogen-bond donors (Lipinski definition) is 2. The Morgan fingerprint density at radius 3 is 0.958 bits per heavy atom. The smallest absolute Gasteiger partial charge is 0.338 e. The number of nitrogens with zero attached hydrogens (tertiary/aromatic N) is 16. The first-order valence-corrected chi connectivity index (χ1v) is 52.9. The number of ether oxygens (including phenoxy) is 5. The van der Waals surface area contributed by atoms with Gasteiger partial charge in [-0.2, -0.15) is 0 Å². The van der Waals surface area contributed by atoms with Crippen LogP contribution >= 0.6 is 123 Å². The molecule has 20 rings (SSSR count). The number of aliphatic imine (C=N–C) groups is 5. The number of carbonyl (C=O) groups excluding carboxylic acids is 6. The number of aromatic nitrogens is 5. The second-order valence-corrected chi connectivity index (χ2v) is 40.3. The van der Waals surface area contributed by atoms with Gasteiger partial charge in [-0.25, -0.2) is 70.8 Å². The molecule has 5 aromatic carbocycles. The third-order valence-electron chi connectivity index (χ3n) is 24.5. The minimum Gasteiger partial charge on any atom is -0.463 e. The highest BCUT2D eigenvalue weighted by Gasteiger charge is 2.50. The normalized spacial score (nSPS) is 19.8. The summed E-state index contributed by atoms with van der Waals surface area (Å²) in [7, 11) is 1.91. The van der Waals surface area contributed by atoms with E-state index in [1.807, 2.05) is 48.6 Å². The number of halogens is 10. The molecule has 29 nitrogen and oxygen atoms in total. The van der Waals surface area contributed by atoms with Crippen LogP contribution in [0.25, 0.3) is 0 Å². The Bertz CT molecular complexity index is 6450. The fourth-order valence-electron chi connectivity index (χ4n) is 18.5. The number of esters is 5. The van der Waals surface area contributed by atoms with E-state index in [0.29, 0.717) is 96.4 Å². The van der Waals surface area contributed by atoms with Gasteiger partial charge in [0.2, 0.25) is 5.91 Å². The Labute approximate surface area is 871 Å². The van der Waals surface area contributed by atoms with Gasteiger partial charge in [0.1, 0.15) is 59.3 Å². The highest BCUT2D eigenvalue weighted by molar-refractivity contribution is 9.10. The number of likely N-dealkylation sites (N-methyl/N-ethyl adjacent to an activating group) is 1. The maximum absolute atomic E-state index is 13.8. The van der Waals surface area contributed by atoms with Crippen LogP contribution in [-0.2, 0) is 52.5 Å². The van der Waals surface area contributed by atoms with Crippen molar-refractivity contribution in [2.45, 2.75) is 122 Å². The monoisotopic (exact) mass is 2230 g/mol. The van der Waals surface area contributed by atoms with Gasteiger partial charge in [-0.05, 0) is 165 Å². The standard InChI is InChI=1S/C22H24ClFN4O3S.C20H18ClFN4O3S.2C19H17BrFN3O2S.C19H17ClFN3O2S/c1-3-31-22(30)17-18(14-5-4-13(24)12-15(14)23)26-20(21-25-7-11-32-21)28-8-6-16(19(17)28)27(2)9-10-29;1-2-29-20(28)14-15(11-4-3-10(22)9-13(11)21)25-18(19-24-6-8-30-19)26-7-5-12(16(14)26)17(23)27;3*1-2-26-19(25)15-14-4-3-8-24(14)17(18-22-7-9-27-18)23-16(15)12-6-5-11(21)10-13(12)20/h4-5,7,11-12,16,18,29H,3,6,8-10H2,1-2H3;3-4,6,8-9,12,15H,2,5,7H2,1H3,(H2,23,27);3*5-7,9-10,16H,2-4,8H2,1H3/t;12-,15?;16-;;/m.00../s1. The summed E-state index contributed by atoms with van der Waals surface area (Å²) < 4.78 is 96.1. The van der Waals surface area contributed by atoms with Crippen LogP contribution in [0.4, 0.5) is 22.0 Å². The van der Waals surface area contributed by atoms with Gasteiger partial charge in [-0.1, -0.05) is 97.0 Å². The number of nitrogens with two attached hydrogens (primary N) is 1. The molecule has 143 heavy (non-hydrogen) atoms. The highest BCUT2D eigenvalue weighted by atomic mass is 79.9. The molecule has 10 aromatic rings. The van der Waals surface area contributed by atoms with Crippen molar-refractivity contribution in [3.63, 3.8) is 0 Å². The summed E-state index contributed by atoms with van der Waals surface area (Å²) in [5.41, 5.74) is 14.7. The van der Waals surface area contributed by atoms with Crippen LogP contribution in [-0.4, -0.2) is 216 Å². The van der Waals surface area contributed by atoms with E-state index in [4.69, 9.17) is 89.2 Å². The van der Waals surface area contributed by atoms with E-state index in [1.165, 1.54) is 117 Å². The van der Waals surface area contributed by atoms with Crippen molar-refractivity contribution in [3.05, 3.63) is 311 Å². The van der Waals surface area contributed by atoms with Crippen LogP contribution in [0.1, 0.15) is 169 Å². The summed E-state index contributed by atoms with van der Waals surface area (Å²) in [4.78, 5) is 135. The van der Waals surface area contributed by atoms with Crippen molar-refractivity contribution >= 4 is 188 Å². The average molecular weight is 2230 g/mol. The van der Waals surface area contributed by atoms with Gasteiger partial charge in [-0.15, -0.1) is 56.7 Å². The van der Waals surface area contributed by atoms with Crippen molar-refractivity contribution in [3.8, 4) is 0 Å². The Hall–Kier alpha value is -11.5. The number of amidine groups is 5. The molecule has 1 amide bonds. The number of aliphatic hydroxyl groups is 1. The first-order chi connectivity index (χ1) is 69.2. The SMILES string of the molecule is CCOC(=O)C1=C2C(N(C)CCO)CCN2C(c2nccs2)=NC1c1ccc(F)cc1Cl.CCOC(=O)C1=C2CCCN2C(c2nccs2)=NC1c1ccc(F)cc1Br.CCOC(=O)C1=C2CCCN2C(c2nccs2)=NC1c1ccc(F)cc1Cl.CCOC(=O)C1=C2CCCN2C(c2nccs2)=N[C@H]1c1ccc(F)cc1Br.CCOC(=O)C1=C2[C@@H](C(N)=O)CCN2C(c2nccs2)=NC1c1ccc(F)cc1Cl. The lowest BCUT2D eigenvalue weighted by Crippen LogP contribution is -2.41. The van der Waals surface area contributed by atoms with Gasteiger partial charge in [0.05, 0.1) is 79.5 Å². The lowest BCUT2D eigenvalue weighted by molar-refractivity contribution is -0.140. The summed E-state index contributed by atoms with van der Waals surface area (Å²) in [6.07, 6.45) is 14.8. The molecule has 5 saturated heterocycles. The number of hydrogen-bond acceptors (Lipinski definition) is 33. The summed E-state index contributed by atoms with van der Waals surface area (Å²) in [5.74, 6) is -2.19. The van der Waals surface area contributed by atoms with Crippen molar-refractivity contribution in [2.75, 3.05) is 86.0 Å². The molecule has 0 saturated carbocycles. The van der Waals surface area contributed by atoms with Crippen LogP contribution in [0.15, 0.2) is 239 Å². The molecule has 5 fully saturated rings. The topological polar surface area (TPSA) is 341 Å². The van der Waals surface area contributed by atoms with Crippen LogP contribution in [0.2, 0.25) is 15.1 Å². The molecule has 3 N–H and O–H groups in total. The van der Waals surface area contributed by atoms with Crippen molar-refractivity contribution in [1.82, 2.24) is 54.3 Å². The van der Waals surface area contributed by atoms with Crippen molar-refractivity contribution in [2.24, 2.45) is 36.6 Å². The summed E-state index contributed by atoms with van der Waals surface area (Å²) in [5, 5.41) is 23.1. The molecule has 0 bridgehead atoms. The molecule has 0 aliphatic carbocycles. The van der Waals surface area contributed by atoms with Gasteiger partial charge >= 0.3 is 29.8 Å². The first-order valence-electron chi connectivity index (χ1n) is 45.8. The second-order valence-electron chi connectivity index (χ2n) is 32.9. The molecule has 10 aliphatic rings. The Morgan fingerprint density at radius 2 is 0.671 bits per heavy atom. The van der Waals surface area contributed by atoms with Crippen LogP contribution in [0, 0.1) is 35.0 Å². The molecule has 5 unspecified atom stereocenters. The number of benzene rings is 5. The van der Waals surface area contributed by atoms with E-state index in [9.17, 15) is 55.8 Å². The number of rotatable bonds is 24. The van der Waals surface area contributed by atoms with Gasteiger partial charge in [0, 0.05) is 166 Å². The fourth-order valence-corrected chi connectivity index (χ4v) is 23.7. The molecule has 0 spiro atoms. The number of thiazole rings is 5. The molecule has 746 valence electrons. The van der Waals surface area contributed by atoms with E-state index in [1.54, 1.807) is 94.8 Å². The van der Waals surface area contributed by atoms with Crippen LogP contribution < -0.4 is 5.73 Å². The van der Waals surface area contributed by atoms with Crippen molar-refractivity contribution < 1.29 is 79.5 Å². The molecular weight excluding hydrogens is 2140 g/mol. The molecule has 10 aliphatic heterocycles. The first kappa shape index (κ1) is 104. The summed E-state index contributed by atoms with van der Waals surface area (Å²) in [6.45, 7) is 13.8. The number of carbonyl (C=O) groups is 6. The second kappa shape index (κ2) is 47.1. The van der Waals surface area contributed by atoms with Gasteiger partial charge < -0.3 is 59.0 Å². The number of amides is 1. The lowest BCUT2D eigenvalue weighted by atomic mass is 9.90. The largest absolute Gasteiger partial charge is 0.463 e. The minimum atomic E-state index is -0.887. The highest BCUT2D eigenvalue weighted by Crippen LogP contribution is 2.51. The van der Waals surface area contributed by atoms with Gasteiger partial charge in [-0.3, -0.25) is 34.7 Å². The predicted molar refractivity (Wildman–Crippen MR) is 544 cm³/mol. The van der Waals surface area contributed by atoms with E-state index in [-0.39, 0.29) is 89.9 Å². The van der Waals surface area contributed by atoms with Gasteiger partial charge in [0.15, 0.2) is 54.2 Å². The zero-order valence-corrected chi connectivity index (χ0v) is 87.1. The quantitative estimate of drug-likeness (QED) is 0.0322. The molecule has 44 heteroatoms. The Morgan fingerprint density at radius 1 is 0.399 bits per heavy atom. The zero-order chi connectivity index (χ0) is 101. The number of primary amides is 1. The molecule has 7 atom stereocenters. The maximum atomic E-state index is 13.8. The summed E-state index contributed by atoms with van der Waals surface area (Å²) >= 11 is 33.3. The van der Waals surface area contributed by atoms with E-state index < -0.39 is 77.4 Å². The van der Waals surface area contributed by atoms with E-state index in [0.717, 1.165) is 142 Å². The lowest BCUT2D eigenvalue weighted by Gasteiger charge is -2.35. The average Bonchev–Trinajstić information content (AvgIpc) is 1.55. The maximum Gasteiger partial charge on any atom is 0.338 e. The molecule has 0 radical (unpaired) electrons. The third-order valence-corrected chi connectivity index (χ3v) is 30.7. The third kappa shape index (κ3) is 22.4. The Kier molecular flexibility index (Phi) is 34.4. The summed E-state index contributed by atoms with van der Waals surface area (Å²) in [6, 6.07) is 17.4. The number of fused-ring (bicyclic) bond motifs is 5. The van der Waals surface area contributed by atoms with Crippen LogP contribution in [0.3, 0.4) is 0 Å². The fraction of sp³-hybridized carbons (Fsp3) is 0.333. The minimum absolute atomic E-state index is 0.00430. The number of aliphatic hydroxyl groups excluding tert-OH is 1. The van der Waals surface area contributed by atoms with Crippen LogP contribution in [0.5, 0.6) is 0 Å². The zero-order valence-electron chi connectivity index (χ0n) is 77.6. The number of allylic oxidation sites excluding steroid dienone is 3. The molecule has 5 aromatic heterocycles. The Balaban J connectivity index is 0.000000129. The molecular formula is C99H93Br2Cl3F5N17O12S5. The van der Waals surface area contributed by atoms with Gasteiger partial charge in [0.25, 0.3) is 0 Å². The predicted octanol–water partition coefficient (Wildman–Crippen LogP) is 19.6. The van der Waals surface area contributed by atoms with E-state index in [2.05, 4.69) is 66.6 Å². The van der Waals surface area contributed by atoms with Crippen molar-refractivity contribution in [1.29, 1.82) is 0 Å². The van der Waals surface area contributed by atoms with E-state index >= 15 is 0 Å². The molecule has 15 heterocycles.